The van der Waals surface area contributed by atoms with Crippen LogP contribution in [0.15, 0.2) is 46.0 Å². The molecule has 0 bridgehead atoms. The van der Waals surface area contributed by atoms with Gasteiger partial charge >= 0.3 is 0 Å². The number of hydrogen-bond acceptors (Lipinski definition) is 3. The molecule has 2 rings (SSSR count). The van der Waals surface area contributed by atoms with Gasteiger partial charge in [0.15, 0.2) is 0 Å². The Bertz CT molecular complexity index is 700. The standard InChI is InChI=1S/C15H16BrN3O2/c1-19(7-6-14(17)18-21)15(20)12-3-2-11-9-13(16)5-4-10(11)8-12/h2-5,8-9,21H,6-7H2,1H3,(H2,17,18). The molecular weight excluding hydrogens is 334 g/mol. The highest BCUT2D eigenvalue weighted by Gasteiger charge is 2.12. The van der Waals surface area contributed by atoms with Crippen molar-refractivity contribution in [2.45, 2.75) is 6.42 Å². The van der Waals surface area contributed by atoms with E-state index in [-0.39, 0.29) is 11.7 Å². The zero-order valence-electron chi connectivity index (χ0n) is 11.6. The lowest BCUT2D eigenvalue weighted by Gasteiger charge is -2.17. The van der Waals surface area contributed by atoms with Gasteiger partial charge in [-0.15, -0.1) is 0 Å². The number of rotatable bonds is 4. The molecule has 0 spiro atoms. The van der Waals surface area contributed by atoms with Crippen LogP contribution < -0.4 is 5.73 Å². The van der Waals surface area contributed by atoms with E-state index in [0.29, 0.717) is 18.5 Å². The second-order valence-electron chi connectivity index (χ2n) is 4.77. The van der Waals surface area contributed by atoms with Crippen molar-refractivity contribution in [1.29, 1.82) is 0 Å². The zero-order valence-corrected chi connectivity index (χ0v) is 13.2. The Morgan fingerprint density at radius 1 is 1.29 bits per heavy atom. The maximum atomic E-state index is 12.3. The quantitative estimate of drug-likeness (QED) is 0.385. The minimum Gasteiger partial charge on any atom is -0.409 e. The Morgan fingerprint density at radius 3 is 2.67 bits per heavy atom. The highest BCUT2D eigenvalue weighted by Crippen LogP contribution is 2.21. The van der Waals surface area contributed by atoms with Crippen LogP contribution in [0.4, 0.5) is 0 Å². The Kier molecular flexibility index (Phi) is 4.80. The molecule has 0 aliphatic carbocycles. The van der Waals surface area contributed by atoms with E-state index in [1.165, 1.54) is 0 Å². The fourth-order valence-corrected chi connectivity index (χ4v) is 2.38. The Morgan fingerprint density at radius 2 is 1.95 bits per heavy atom. The molecule has 110 valence electrons. The summed E-state index contributed by atoms with van der Waals surface area (Å²) in [6, 6.07) is 11.5. The number of halogens is 1. The maximum Gasteiger partial charge on any atom is 0.253 e. The average Bonchev–Trinajstić information content (AvgIpc) is 2.50. The normalized spacial score (nSPS) is 11.6. The molecule has 3 N–H and O–H groups in total. The predicted octanol–water partition coefficient (Wildman–Crippen LogP) is 2.81. The first kappa shape index (κ1) is 15.3. The van der Waals surface area contributed by atoms with Crippen molar-refractivity contribution >= 4 is 38.4 Å². The first-order valence-corrected chi connectivity index (χ1v) is 7.22. The maximum absolute atomic E-state index is 12.3. The predicted molar refractivity (Wildman–Crippen MR) is 86.6 cm³/mol. The smallest absolute Gasteiger partial charge is 0.253 e. The summed E-state index contributed by atoms with van der Waals surface area (Å²) < 4.78 is 1.00. The lowest BCUT2D eigenvalue weighted by Crippen LogP contribution is -2.30. The average molecular weight is 350 g/mol. The Labute approximate surface area is 131 Å². The molecule has 0 heterocycles. The molecule has 0 unspecified atom stereocenters. The number of nitrogens with zero attached hydrogens (tertiary/aromatic N) is 2. The molecular formula is C15H16BrN3O2. The molecule has 1 amide bonds. The number of fused-ring (bicyclic) bond motifs is 1. The number of carbonyl (C=O) groups is 1. The minimum absolute atomic E-state index is 0.0921. The van der Waals surface area contributed by atoms with E-state index in [9.17, 15) is 4.79 Å². The van der Waals surface area contributed by atoms with Crippen molar-refractivity contribution in [2.75, 3.05) is 13.6 Å². The van der Waals surface area contributed by atoms with Gasteiger partial charge in [0, 0.05) is 30.0 Å². The summed E-state index contributed by atoms with van der Waals surface area (Å²) in [6.07, 6.45) is 0.333. The summed E-state index contributed by atoms with van der Waals surface area (Å²) in [5.41, 5.74) is 6.02. The van der Waals surface area contributed by atoms with E-state index < -0.39 is 0 Å². The van der Waals surface area contributed by atoms with Crippen LogP contribution in [0.25, 0.3) is 10.8 Å². The van der Waals surface area contributed by atoms with Crippen LogP contribution in [0.5, 0.6) is 0 Å². The molecule has 2 aromatic carbocycles. The number of benzene rings is 2. The highest BCUT2D eigenvalue weighted by atomic mass is 79.9. The molecule has 0 aliphatic heterocycles. The number of nitrogens with two attached hydrogens (primary N) is 1. The van der Waals surface area contributed by atoms with E-state index in [2.05, 4.69) is 21.1 Å². The fourth-order valence-electron chi connectivity index (χ4n) is 2.00. The molecule has 5 nitrogen and oxygen atoms in total. The summed E-state index contributed by atoms with van der Waals surface area (Å²) in [5, 5.41) is 13.5. The van der Waals surface area contributed by atoms with Crippen LogP contribution >= 0.6 is 15.9 Å². The van der Waals surface area contributed by atoms with Gasteiger partial charge in [-0.05, 0) is 35.0 Å². The van der Waals surface area contributed by atoms with E-state index in [4.69, 9.17) is 10.9 Å². The SMILES string of the molecule is CN(CC/C(N)=N/O)C(=O)c1ccc2cc(Br)ccc2c1. The molecule has 6 heteroatoms. The zero-order chi connectivity index (χ0) is 15.4. The van der Waals surface area contributed by atoms with E-state index in [1.807, 2.05) is 30.3 Å². The molecule has 0 aliphatic rings. The van der Waals surface area contributed by atoms with Gasteiger partial charge in [-0.2, -0.15) is 0 Å². The van der Waals surface area contributed by atoms with Gasteiger partial charge in [0.05, 0.1) is 0 Å². The third-order valence-electron chi connectivity index (χ3n) is 3.23. The first-order chi connectivity index (χ1) is 10.0. The third-order valence-corrected chi connectivity index (χ3v) is 3.72. The number of carbonyl (C=O) groups excluding carboxylic acids is 1. The molecule has 21 heavy (non-hydrogen) atoms. The van der Waals surface area contributed by atoms with Gasteiger partial charge in [0.25, 0.3) is 5.91 Å². The van der Waals surface area contributed by atoms with Crippen LogP contribution in [-0.2, 0) is 0 Å². The summed E-state index contributed by atoms with van der Waals surface area (Å²) in [4.78, 5) is 13.9. The highest BCUT2D eigenvalue weighted by molar-refractivity contribution is 9.10. The van der Waals surface area contributed by atoms with Crippen molar-refractivity contribution in [3.8, 4) is 0 Å². The van der Waals surface area contributed by atoms with Crippen molar-refractivity contribution in [2.24, 2.45) is 10.9 Å². The Hall–Kier alpha value is -2.08. The van der Waals surface area contributed by atoms with Crippen molar-refractivity contribution < 1.29 is 10.0 Å². The molecule has 0 saturated carbocycles. The fraction of sp³-hybridized carbons (Fsp3) is 0.200. The van der Waals surface area contributed by atoms with Gasteiger partial charge < -0.3 is 15.8 Å². The molecule has 0 fully saturated rings. The van der Waals surface area contributed by atoms with Crippen LogP contribution in [-0.4, -0.2) is 35.4 Å². The second kappa shape index (κ2) is 6.58. The van der Waals surface area contributed by atoms with Crippen LogP contribution in [0, 0.1) is 0 Å². The topological polar surface area (TPSA) is 78.9 Å². The van der Waals surface area contributed by atoms with Crippen LogP contribution in [0.1, 0.15) is 16.8 Å². The summed E-state index contributed by atoms with van der Waals surface area (Å²) in [7, 11) is 1.69. The van der Waals surface area contributed by atoms with Gasteiger partial charge in [0.2, 0.25) is 0 Å². The summed E-state index contributed by atoms with van der Waals surface area (Å²) in [6.45, 7) is 0.396. The minimum atomic E-state index is -0.0921. The molecule has 0 radical (unpaired) electrons. The van der Waals surface area contributed by atoms with Crippen molar-refractivity contribution in [3.63, 3.8) is 0 Å². The van der Waals surface area contributed by atoms with Crippen LogP contribution in [0.2, 0.25) is 0 Å². The van der Waals surface area contributed by atoms with E-state index in [0.717, 1.165) is 15.2 Å². The molecule has 0 atom stereocenters. The molecule has 0 aromatic heterocycles. The molecule has 0 saturated heterocycles. The van der Waals surface area contributed by atoms with Crippen molar-refractivity contribution in [1.82, 2.24) is 4.90 Å². The number of hydrogen-bond donors (Lipinski definition) is 2. The second-order valence-corrected chi connectivity index (χ2v) is 5.69. The van der Waals surface area contributed by atoms with Gasteiger partial charge in [-0.3, -0.25) is 4.79 Å². The van der Waals surface area contributed by atoms with Gasteiger partial charge in [0.1, 0.15) is 5.84 Å². The van der Waals surface area contributed by atoms with E-state index in [1.54, 1.807) is 18.0 Å². The van der Waals surface area contributed by atoms with Gasteiger partial charge in [-0.25, -0.2) is 0 Å². The monoisotopic (exact) mass is 349 g/mol. The van der Waals surface area contributed by atoms with E-state index >= 15 is 0 Å². The molecule has 2 aromatic rings. The summed E-state index contributed by atoms with van der Waals surface area (Å²) >= 11 is 3.43. The van der Waals surface area contributed by atoms with Crippen LogP contribution in [0.3, 0.4) is 0 Å². The summed E-state index contributed by atoms with van der Waals surface area (Å²) in [5.74, 6) is 0.0172. The largest absolute Gasteiger partial charge is 0.409 e. The van der Waals surface area contributed by atoms with Crippen molar-refractivity contribution in [3.05, 3.63) is 46.4 Å². The first-order valence-electron chi connectivity index (χ1n) is 6.42. The Balaban J connectivity index is 2.17. The number of oxime groups is 1. The lowest BCUT2D eigenvalue weighted by atomic mass is 10.1. The lowest BCUT2D eigenvalue weighted by molar-refractivity contribution is 0.0798. The number of amides is 1. The third kappa shape index (κ3) is 3.72. The number of amidine groups is 1. The van der Waals surface area contributed by atoms with Gasteiger partial charge in [-0.1, -0.05) is 33.2 Å².